The van der Waals surface area contributed by atoms with Crippen molar-refractivity contribution in [2.24, 2.45) is 0 Å². The molecule has 2 rings (SSSR count). The van der Waals surface area contributed by atoms with Gasteiger partial charge in [-0.15, -0.1) is 0 Å². The molecule has 0 saturated carbocycles. The Hall–Kier alpha value is -2.64. The van der Waals surface area contributed by atoms with Crippen LogP contribution in [0.15, 0.2) is 48.5 Å². The first-order valence-corrected chi connectivity index (χ1v) is 7.87. The van der Waals surface area contributed by atoms with Crippen molar-refractivity contribution in [1.82, 2.24) is 5.32 Å². The van der Waals surface area contributed by atoms with Crippen molar-refractivity contribution in [3.63, 3.8) is 0 Å². The Morgan fingerprint density at radius 1 is 1.28 bits per heavy atom. The van der Waals surface area contributed by atoms with E-state index in [0.717, 1.165) is 0 Å². The lowest BCUT2D eigenvalue weighted by molar-refractivity contribution is -0.384. The molecule has 132 valence electrons. The molecule has 0 aromatic heterocycles. The highest BCUT2D eigenvalue weighted by molar-refractivity contribution is 6.32. The van der Waals surface area contributed by atoms with Crippen LogP contribution in [0.25, 0.3) is 0 Å². The molecule has 0 fully saturated rings. The lowest BCUT2D eigenvalue weighted by Gasteiger charge is -2.17. The molecule has 0 heterocycles. The van der Waals surface area contributed by atoms with Gasteiger partial charge in [0.15, 0.2) is 6.10 Å². The third kappa shape index (κ3) is 5.17. The minimum absolute atomic E-state index is 0.0487. The van der Waals surface area contributed by atoms with Gasteiger partial charge in [-0.25, -0.2) is 0 Å². The molecule has 0 aliphatic rings. The van der Waals surface area contributed by atoms with E-state index >= 15 is 0 Å². The molecule has 2 unspecified atom stereocenters. The van der Waals surface area contributed by atoms with Gasteiger partial charge in [0.25, 0.3) is 11.6 Å². The van der Waals surface area contributed by atoms with Crippen LogP contribution in [-0.2, 0) is 4.79 Å². The highest BCUT2D eigenvalue weighted by Gasteiger charge is 2.18. The molecule has 0 spiro atoms. The molecule has 2 aromatic carbocycles. The predicted octanol–water partition coefficient (Wildman–Crippen LogP) is 2.87. The Balaban J connectivity index is 1.88. The zero-order valence-electron chi connectivity index (χ0n) is 13.4. The lowest BCUT2D eigenvalue weighted by Crippen LogP contribution is -2.38. The maximum atomic E-state index is 12.1. The molecular weight excluding hydrogens is 348 g/mol. The number of amides is 1. The first-order chi connectivity index (χ1) is 11.9. The Kier molecular flexibility index (Phi) is 6.32. The molecular formula is C17H17ClN2O5. The fourth-order valence-corrected chi connectivity index (χ4v) is 2.24. The summed E-state index contributed by atoms with van der Waals surface area (Å²) in [5.74, 6) is -0.0244. The minimum Gasteiger partial charge on any atom is -0.479 e. The smallest absolute Gasteiger partial charge is 0.269 e. The second-order valence-electron chi connectivity index (χ2n) is 5.30. The quantitative estimate of drug-likeness (QED) is 0.581. The average molecular weight is 365 g/mol. The number of carbonyl (C=O) groups is 1. The highest BCUT2D eigenvalue weighted by atomic mass is 35.5. The summed E-state index contributed by atoms with van der Waals surface area (Å²) >= 11 is 5.97. The summed E-state index contributed by atoms with van der Waals surface area (Å²) in [7, 11) is 0. The van der Waals surface area contributed by atoms with E-state index in [4.69, 9.17) is 16.3 Å². The number of hydrogen-bond acceptors (Lipinski definition) is 5. The summed E-state index contributed by atoms with van der Waals surface area (Å²) in [4.78, 5) is 22.1. The molecule has 2 N–H and O–H groups in total. The van der Waals surface area contributed by atoms with Gasteiger partial charge in [0, 0.05) is 18.7 Å². The summed E-state index contributed by atoms with van der Waals surface area (Å²) in [6.07, 6.45) is -1.79. The molecule has 0 saturated heterocycles. The number of nitrogens with zero attached hydrogens (tertiary/aromatic N) is 1. The van der Waals surface area contributed by atoms with Crippen LogP contribution in [0, 0.1) is 10.1 Å². The van der Waals surface area contributed by atoms with Crippen molar-refractivity contribution in [1.29, 1.82) is 0 Å². The van der Waals surface area contributed by atoms with Gasteiger partial charge in [0.1, 0.15) is 5.75 Å². The summed E-state index contributed by atoms with van der Waals surface area (Å²) in [5.41, 5.74) is 0.396. The molecule has 0 bridgehead atoms. The van der Waals surface area contributed by atoms with Gasteiger partial charge in [-0.3, -0.25) is 14.9 Å². The molecule has 7 nitrogen and oxygen atoms in total. The minimum atomic E-state index is -0.989. The Labute approximate surface area is 149 Å². The van der Waals surface area contributed by atoms with Crippen LogP contribution < -0.4 is 10.1 Å². The maximum absolute atomic E-state index is 12.1. The number of nitrogens with one attached hydrogen (secondary N) is 1. The number of halogens is 1. The van der Waals surface area contributed by atoms with Crippen LogP contribution in [0.1, 0.15) is 18.6 Å². The standard InChI is InChI=1S/C17H17ClN2O5/c1-11(25-16-5-3-2-4-14(16)18)17(22)19-10-15(21)12-6-8-13(9-7-12)20(23)24/h2-9,11,15,21H,10H2,1H3,(H,19,22). The Bertz CT molecular complexity index is 751. The third-order valence-electron chi connectivity index (χ3n) is 3.47. The molecule has 8 heteroatoms. The fraction of sp³-hybridized carbons (Fsp3) is 0.235. The first kappa shape index (κ1) is 18.7. The number of carbonyl (C=O) groups excluding carboxylic acids is 1. The van der Waals surface area contributed by atoms with Gasteiger partial charge < -0.3 is 15.2 Å². The van der Waals surface area contributed by atoms with Crippen LogP contribution in [0.5, 0.6) is 5.75 Å². The predicted molar refractivity (Wildman–Crippen MR) is 92.6 cm³/mol. The van der Waals surface area contributed by atoms with Gasteiger partial charge in [-0.2, -0.15) is 0 Å². The number of aliphatic hydroxyl groups excluding tert-OH is 1. The van der Waals surface area contributed by atoms with E-state index in [1.54, 1.807) is 31.2 Å². The number of non-ortho nitro benzene ring substituents is 1. The monoisotopic (exact) mass is 364 g/mol. The molecule has 1 amide bonds. The van der Waals surface area contributed by atoms with Crippen molar-refractivity contribution in [3.05, 3.63) is 69.2 Å². The van der Waals surface area contributed by atoms with Crippen LogP contribution >= 0.6 is 11.6 Å². The van der Waals surface area contributed by atoms with Crippen molar-refractivity contribution in [2.45, 2.75) is 19.1 Å². The summed E-state index contributed by atoms with van der Waals surface area (Å²) in [5, 5.41) is 23.6. The number of para-hydroxylation sites is 1. The van der Waals surface area contributed by atoms with E-state index in [-0.39, 0.29) is 12.2 Å². The van der Waals surface area contributed by atoms with Gasteiger partial charge in [0.2, 0.25) is 0 Å². The van der Waals surface area contributed by atoms with E-state index in [2.05, 4.69) is 5.32 Å². The van der Waals surface area contributed by atoms with Crippen LogP contribution in [0.4, 0.5) is 5.69 Å². The van der Waals surface area contributed by atoms with Gasteiger partial charge in [-0.1, -0.05) is 23.7 Å². The van der Waals surface area contributed by atoms with Crippen molar-refractivity contribution >= 4 is 23.2 Å². The summed E-state index contributed by atoms with van der Waals surface area (Å²) in [6, 6.07) is 12.3. The zero-order chi connectivity index (χ0) is 18.4. The Morgan fingerprint density at radius 2 is 1.92 bits per heavy atom. The lowest BCUT2D eigenvalue weighted by atomic mass is 10.1. The molecule has 0 aliphatic heterocycles. The SMILES string of the molecule is CC(Oc1ccccc1Cl)C(=O)NCC(O)c1ccc([N+](=O)[O-])cc1. The van der Waals surface area contributed by atoms with E-state index in [1.807, 2.05) is 0 Å². The van der Waals surface area contributed by atoms with Gasteiger partial charge in [0.05, 0.1) is 16.0 Å². The van der Waals surface area contributed by atoms with E-state index in [0.29, 0.717) is 16.3 Å². The topological polar surface area (TPSA) is 102 Å². The number of ether oxygens (including phenoxy) is 1. The number of aliphatic hydroxyl groups is 1. The summed E-state index contributed by atoms with van der Waals surface area (Å²) in [6.45, 7) is 1.52. The van der Waals surface area contributed by atoms with Crippen molar-refractivity contribution < 1.29 is 19.6 Å². The van der Waals surface area contributed by atoms with Gasteiger partial charge in [-0.05, 0) is 36.8 Å². The number of rotatable bonds is 7. The van der Waals surface area contributed by atoms with E-state index < -0.39 is 23.0 Å². The van der Waals surface area contributed by atoms with Crippen LogP contribution in [-0.4, -0.2) is 28.6 Å². The summed E-state index contributed by atoms with van der Waals surface area (Å²) < 4.78 is 5.49. The number of nitro benzene ring substituents is 1. The van der Waals surface area contributed by atoms with Crippen LogP contribution in [0.2, 0.25) is 5.02 Å². The van der Waals surface area contributed by atoms with E-state index in [9.17, 15) is 20.0 Å². The molecule has 2 aromatic rings. The molecule has 25 heavy (non-hydrogen) atoms. The highest BCUT2D eigenvalue weighted by Crippen LogP contribution is 2.24. The average Bonchev–Trinajstić information content (AvgIpc) is 2.61. The molecule has 2 atom stereocenters. The normalized spacial score (nSPS) is 12.9. The fourth-order valence-electron chi connectivity index (χ4n) is 2.06. The van der Waals surface area contributed by atoms with Crippen molar-refractivity contribution in [2.75, 3.05) is 6.54 Å². The number of hydrogen-bond donors (Lipinski definition) is 2. The molecule has 0 radical (unpaired) electrons. The maximum Gasteiger partial charge on any atom is 0.269 e. The molecule has 0 aliphatic carbocycles. The second kappa shape index (κ2) is 8.46. The number of benzene rings is 2. The van der Waals surface area contributed by atoms with E-state index in [1.165, 1.54) is 24.3 Å². The van der Waals surface area contributed by atoms with Crippen molar-refractivity contribution in [3.8, 4) is 5.75 Å². The third-order valence-corrected chi connectivity index (χ3v) is 3.78. The Morgan fingerprint density at radius 3 is 2.52 bits per heavy atom. The first-order valence-electron chi connectivity index (χ1n) is 7.50. The zero-order valence-corrected chi connectivity index (χ0v) is 14.1. The van der Waals surface area contributed by atoms with Gasteiger partial charge >= 0.3 is 0 Å². The largest absolute Gasteiger partial charge is 0.479 e. The number of nitro groups is 1. The van der Waals surface area contributed by atoms with Crippen LogP contribution in [0.3, 0.4) is 0 Å². The second-order valence-corrected chi connectivity index (χ2v) is 5.71.